The van der Waals surface area contributed by atoms with E-state index in [-0.39, 0.29) is 11.7 Å². The molecule has 0 saturated carbocycles. The van der Waals surface area contributed by atoms with Crippen molar-refractivity contribution < 1.29 is 32.6 Å². The zero-order valence-electron chi connectivity index (χ0n) is 21.4. The standard InChI is InChI=1S/C29H30F2N2O5/c1-36-23-6-3-5-22(17-23)26(38-19-20-9-11-21(12-10-20)29(35)37-2)18-32-13-15-33(16-14-32)28(34)24-7-4-8-25(30)27(24)31/h3-12,17,26H,13-16,18-19H2,1-2H3. The van der Waals surface area contributed by atoms with E-state index >= 15 is 0 Å². The summed E-state index contributed by atoms with van der Waals surface area (Å²) in [6.07, 6.45) is -0.298. The summed E-state index contributed by atoms with van der Waals surface area (Å²) in [7, 11) is 2.95. The molecule has 1 fully saturated rings. The zero-order valence-corrected chi connectivity index (χ0v) is 21.4. The van der Waals surface area contributed by atoms with E-state index in [1.165, 1.54) is 19.2 Å². The van der Waals surface area contributed by atoms with Crippen LogP contribution in [0.4, 0.5) is 8.78 Å². The number of hydrogen-bond donors (Lipinski definition) is 0. The SMILES string of the molecule is COC(=O)c1ccc(COC(CN2CCN(C(=O)c3cccc(F)c3F)CC2)c2cccc(OC)c2)cc1. The zero-order chi connectivity index (χ0) is 27.1. The first-order valence-electron chi connectivity index (χ1n) is 12.3. The molecule has 0 N–H and O–H groups in total. The van der Waals surface area contributed by atoms with Crippen LogP contribution in [0.2, 0.25) is 0 Å². The lowest BCUT2D eigenvalue weighted by atomic mass is 10.1. The van der Waals surface area contributed by atoms with E-state index in [1.807, 2.05) is 36.4 Å². The third kappa shape index (κ3) is 6.54. The number of carbonyl (C=O) groups excluding carboxylic acids is 2. The molecule has 0 radical (unpaired) electrons. The average molecular weight is 525 g/mol. The highest BCUT2D eigenvalue weighted by atomic mass is 19.2. The Morgan fingerprint density at radius 2 is 1.63 bits per heavy atom. The van der Waals surface area contributed by atoms with E-state index in [1.54, 1.807) is 24.1 Å². The molecule has 1 atom stereocenters. The van der Waals surface area contributed by atoms with Crippen LogP contribution in [0.15, 0.2) is 66.7 Å². The fourth-order valence-corrected chi connectivity index (χ4v) is 4.36. The minimum absolute atomic E-state index is 0.255. The van der Waals surface area contributed by atoms with Crippen molar-refractivity contribution in [1.82, 2.24) is 9.80 Å². The second kappa shape index (κ2) is 12.6. The van der Waals surface area contributed by atoms with Gasteiger partial charge < -0.3 is 19.1 Å². The first kappa shape index (κ1) is 27.2. The lowest BCUT2D eigenvalue weighted by molar-refractivity contribution is 0.00326. The van der Waals surface area contributed by atoms with Gasteiger partial charge in [-0.1, -0.05) is 30.3 Å². The van der Waals surface area contributed by atoms with Gasteiger partial charge in [0, 0.05) is 32.7 Å². The van der Waals surface area contributed by atoms with Crippen LogP contribution in [0, 0.1) is 11.6 Å². The molecule has 0 spiro atoms. The van der Waals surface area contributed by atoms with Gasteiger partial charge in [0.05, 0.1) is 38.1 Å². The average Bonchev–Trinajstić information content (AvgIpc) is 2.96. The van der Waals surface area contributed by atoms with Gasteiger partial charge in [-0.3, -0.25) is 9.69 Å². The number of halogens is 2. The Morgan fingerprint density at radius 1 is 0.921 bits per heavy atom. The molecule has 9 heteroatoms. The molecule has 200 valence electrons. The number of piperazine rings is 1. The Hall–Kier alpha value is -3.82. The summed E-state index contributed by atoms with van der Waals surface area (Å²) in [4.78, 5) is 28.2. The molecule has 1 saturated heterocycles. The Bertz CT molecular complexity index is 1260. The second-order valence-corrected chi connectivity index (χ2v) is 8.96. The van der Waals surface area contributed by atoms with E-state index in [0.29, 0.717) is 50.6 Å². The largest absolute Gasteiger partial charge is 0.497 e. The summed E-state index contributed by atoms with van der Waals surface area (Å²) in [5.41, 5.74) is 2.05. The fraction of sp³-hybridized carbons (Fsp3) is 0.310. The van der Waals surface area contributed by atoms with Crippen LogP contribution in [-0.4, -0.2) is 68.6 Å². The van der Waals surface area contributed by atoms with Crippen LogP contribution in [0.3, 0.4) is 0 Å². The maximum atomic E-state index is 14.1. The van der Waals surface area contributed by atoms with Crippen molar-refractivity contribution >= 4 is 11.9 Å². The molecule has 38 heavy (non-hydrogen) atoms. The number of methoxy groups -OCH3 is 2. The van der Waals surface area contributed by atoms with Crippen LogP contribution in [0.25, 0.3) is 0 Å². The van der Waals surface area contributed by atoms with Crippen molar-refractivity contribution in [3.63, 3.8) is 0 Å². The van der Waals surface area contributed by atoms with Crippen molar-refractivity contribution in [3.8, 4) is 5.75 Å². The molecule has 1 unspecified atom stereocenters. The monoisotopic (exact) mass is 524 g/mol. The minimum atomic E-state index is -1.12. The lowest BCUT2D eigenvalue weighted by Gasteiger charge is -2.36. The second-order valence-electron chi connectivity index (χ2n) is 8.96. The van der Waals surface area contributed by atoms with Crippen LogP contribution < -0.4 is 4.74 Å². The van der Waals surface area contributed by atoms with Gasteiger partial charge >= 0.3 is 5.97 Å². The van der Waals surface area contributed by atoms with E-state index in [0.717, 1.165) is 17.2 Å². The van der Waals surface area contributed by atoms with E-state index in [2.05, 4.69) is 4.90 Å². The molecule has 3 aromatic rings. The quantitative estimate of drug-likeness (QED) is 0.385. The molecule has 1 amide bonds. The number of rotatable bonds is 9. The van der Waals surface area contributed by atoms with Gasteiger partial charge in [-0.25, -0.2) is 13.6 Å². The van der Waals surface area contributed by atoms with Crippen LogP contribution in [-0.2, 0) is 16.1 Å². The maximum Gasteiger partial charge on any atom is 0.337 e. The Morgan fingerprint density at radius 3 is 2.32 bits per heavy atom. The van der Waals surface area contributed by atoms with Crippen molar-refractivity contribution in [2.24, 2.45) is 0 Å². The van der Waals surface area contributed by atoms with Gasteiger partial charge in [0.15, 0.2) is 11.6 Å². The van der Waals surface area contributed by atoms with E-state index in [4.69, 9.17) is 14.2 Å². The molecule has 7 nitrogen and oxygen atoms in total. The summed E-state index contributed by atoms with van der Waals surface area (Å²) in [6, 6.07) is 18.3. The molecular weight excluding hydrogens is 494 g/mol. The highest BCUT2D eigenvalue weighted by Gasteiger charge is 2.27. The molecule has 0 bridgehead atoms. The fourth-order valence-electron chi connectivity index (χ4n) is 4.36. The normalized spacial score (nSPS) is 14.7. The van der Waals surface area contributed by atoms with Crippen molar-refractivity contribution in [2.45, 2.75) is 12.7 Å². The number of hydrogen-bond acceptors (Lipinski definition) is 6. The molecule has 4 rings (SSSR count). The number of amides is 1. The molecule has 3 aromatic carbocycles. The molecule has 0 aromatic heterocycles. The molecule has 0 aliphatic carbocycles. The summed E-state index contributed by atoms with van der Waals surface area (Å²) in [5.74, 6) is -2.35. The minimum Gasteiger partial charge on any atom is -0.497 e. The summed E-state index contributed by atoms with van der Waals surface area (Å²) in [5, 5.41) is 0. The first-order valence-corrected chi connectivity index (χ1v) is 12.3. The Kier molecular flexibility index (Phi) is 9.04. The summed E-state index contributed by atoms with van der Waals surface area (Å²) >= 11 is 0. The van der Waals surface area contributed by atoms with Crippen LogP contribution >= 0.6 is 0 Å². The number of ether oxygens (including phenoxy) is 3. The number of benzene rings is 3. The summed E-state index contributed by atoms with van der Waals surface area (Å²) < 4.78 is 44.2. The van der Waals surface area contributed by atoms with E-state index in [9.17, 15) is 18.4 Å². The number of nitrogens with zero attached hydrogens (tertiary/aromatic N) is 2. The summed E-state index contributed by atoms with van der Waals surface area (Å²) in [6.45, 7) is 2.76. The molecule has 1 heterocycles. The van der Waals surface area contributed by atoms with E-state index < -0.39 is 23.5 Å². The van der Waals surface area contributed by atoms with Crippen LogP contribution in [0.1, 0.15) is 37.9 Å². The third-order valence-electron chi connectivity index (χ3n) is 6.56. The highest BCUT2D eigenvalue weighted by Crippen LogP contribution is 2.25. The first-order chi connectivity index (χ1) is 18.4. The lowest BCUT2D eigenvalue weighted by Crippen LogP contribution is -2.49. The van der Waals surface area contributed by atoms with Crippen molar-refractivity contribution in [1.29, 1.82) is 0 Å². The molecule has 1 aliphatic heterocycles. The predicted molar refractivity (Wildman–Crippen MR) is 137 cm³/mol. The van der Waals surface area contributed by atoms with Gasteiger partial charge in [-0.05, 0) is 47.5 Å². The smallest absolute Gasteiger partial charge is 0.337 e. The Labute approximate surface area is 220 Å². The number of carbonyl (C=O) groups is 2. The number of esters is 1. The highest BCUT2D eigenvalue weighted by molar-refractivity contribution is 5.94. The van der Waals surface area contributed by atoms with Crippen LogP contribution in [0.5, 0.6) is 5.75 Å². The van der Waals surface area contributed by atoms with Gasteiger partial charge in [-0.2, -0.15) is 0 Å². The van der Waals surface area contributed by atoms with Crippen molar-refractivity contribution in [3.05, 3.63) is 101 Å². The topological polar surface area (TPSA) is 68.3 Å². The van der Waals surface area contributed by atoms with Gasteiger partial charge in [0.2, 0.25) is 0 Å². The molecule has 1 aliphatic rings. The third-order valence-corrected chi connectivity index (χ3v) is 6.56. The molecular formula is C29H30F2N2O5. The van der Waals surface area contributed by atoms with Gasteiger partial charge in [0.1, 0.15) is 5.75 Å². The predicted octanol–water partition coefficient (Wildman–Crippen LogP) is 4.48. The maximum absolute atomic E-state index is 14.1. The Balaban J connectivity index is 1.41. The van der Waals surface area contributed by atoms with Gasteiger partial charge in [0.25, 0.3) is 5.91 Å². The van der Waals surface area contributed by atoms with Gasteiger partial charge in [-0.15, -0.1) is 0 Å². The van der Waals surface area contributed by atoms with Crippen molar-refractivity contribution in [2.75, 3.05) is 46.9 Å².